The molecule has 0 radical (unpaired) electrons. The van der Waals surface area contributed by atoms with E-state index in [2.05, 4.69) is 67.8 Å². The Balaban J connectivity index is 3.42. The third-order valence-corrected chi connectivity index (χ3v) is 17.1. The maximum Gasteiger partial charge on any atom is 0.305 e. The van der Waals surface area contributed by atoms with Crippen molar-refractivity contribution in [3.8, 4) is 0 Å². The average Bonchev–Trinajstić information content (AvgIpc) is 3.48. The minimum Gasteiger partial charge on any atom is -0.466 e. The summed E-state index contributed by atoms with van der Waals surface area (Å²) in [5.41, 5.74) is 0. The molecule has 0 saturated carbocycles. The van der Waals surface area contributed by atoms with Crippen molar-refractivity contribution in [1.82, 2.24) is 5.32 Å². The van der Waals surface area contributed by atoms with Gasteiger partial charge in [0.15, 0.2) is 0 Å². The van der Waals surface area contributed by atoms with Crippen molar-refractivity contribution in [3.05, 3.63) is 48.6 Å². The van der Waals surface area contributed by atoms with Crippen molar-refractivity contribution in [1.29, 1.82) is 0 Å². The zero-order valence-electron chi connectivity index (χ0n) is 55.2. The monoisotopic (exact) mass is 1150 g/mol. The summed E-state index contributed by atoms with van der Waals surface area (Å²) in [4.78, 5) is 24.6. The summed E-state index contributed by atoms with van der Waals surface area (Å²) in [6.07, 6.45) is 93.1. The third kappa shape index (κ3) is 67.0. The number of carbonyl (C=O) groups excluding carboxylic acids is 2. The van der Waals surface area contributed by atoms with Gasteiger partial charge in [0.1, 0.15) is 0 Å². The van der Waals surface area contributed by atoms with Gasteiger partial charge in [0.05, 0.1) is 25.4 Å². The molecular formula is C76H143NO5. The number of hydrogen-bond donors (Lipinski definition) is 3. The van der Waals surface area contributed by atoms with Gasteiger partial charge >= 0.3 is 5.97 Å². The maximum absolute atomic E-state index is 12.6. The Labute approximate surface area is 512 Å². The first-order chi connectivity index (χ1) is 40.5. The van der Waals surface area contributed by atoms with Gasteiger partial charge < -0.3 is 20.3 Å². The predicted molar refractivity (Wildman–Crippen MR) is 361 cm³/mol. The number of carbonyl (C=O) groups is 2. The van der Waals surface area contributed by atoms with E-state index < -0.39 is 12.1 Å². The Morgan fingerprint density at radius 2 is 0.610 bits per heavy atom. The van der Waals surface area contributed by atoms with Gasteiger partial charge in [-0.3, -0.25) is 9.59 Å². The molecule has 1 amide bonds. The largest absolute Gasteiger partial charge is 0.466 e. The number of allylic oxidation sites excluding steroid dienone is 8. The van der Waals surface area contributed by atoms with Crippen molar-refractivity contribution >= 4 is 11.9 Å². The number of hydrogen-bond acceptors (Lipinski definition) is 5. The molecule has 0 heterocycles. The zero-order chi connectivity index (χ0) is 59.2. The molecule has 6 nitrogen and oxygen atoms in total. The molecular weight excluding hydrogens is 1010 g/mol. The van der Waals surface area contributed by atoms with Crippen molar-refractivity contribution in [2.45, 2.75) is 411 Å². The van der Waals surface area contributed by atoms with Crippen LogP contribution in [-0.2, 0) is 14.3 Å². The Bertz CT molecular complexity index is 1370. The fourth-order valence-corrected chi connectivity index (χ4v) is 11.5. The van der Waals surface area contributed by atoms with Crippen LogP contribution in [0.25, 0.3) is 0 Å². The van der Waals surface area contributed by atoms with E-state index in [1.54, 1.807) is 0 Å². The summed E-state index contributed by atoms with van der Waals surface area (Å²) >= 11 is 0. The number of unbranched alkanes of at least 4 members (excludes halogenated alkanes) is 50. The Morgan fingerprint density at radius 3 is 0.951 bits per heavy atom. The van der Waals surface area contributed by atoms with E-state index in [0.29, 0.717) is 25.9 Å². The number of esters is 1. The Kier molecular flexibility index (Phi) is 69.4. The topological polar surface area (TPSA) is 95.9 Å². The highest BCUT2D eigenvalue weighted by atomic mass is 16.5. The third-order valence-electron chi connectivity index (χ3n) is 17.1. The van der Waals surface area contributed by atoms with Gasteiger partial charge in [0, 0.05) is 12.8 Å². The van der Waals surface area contributed by atoms with Crippen LogP contribution in [0.2, 0.25) is 0 Å². The second-order valence-corrected chi connectivity index (χ2v) is 25.3. The lowest BCUT2D eigenvalue weighted by molar-refractivity contribution is -0.143. The van der Waals surface area contributed by atoms with Crippen LogP contribution in [0.15, 0.2) is 48.6 Å². The van der Waals surface area contributed by atoms with Gasteiger partial charge in [-0.25, -0.2) is 0 Å². The number of amides is 1. The highest BCUT2D eigenvalue weighted by Crippen LogP contribution is 2.19. The van der Waals surface area contributed by atoms with E-state index in [1.165, 1.54) is 308 Å². The van der Waals surface area contributed by atoms with Crippen LogP contribution in [-0.4, -0.2) is 47.4 Å². The standard InChI is InChI=1S/C76H143NO5/c1-3-5-7-9-11-13-15-17-19-21-22-30-33-37-40-44-48-52-56-60-64-68-74(79)73(72-78)77-75(80)69-65-61-57-53-49-45-41-38-34-31-28-26-24-23-25-27-29-32-35-39-43-47-51-55-59-63-67-71-82-76(81)70-66-62-58-54-50-46-42-36-20-18-16-14-12-10-8-6-4-2/h12,14,18,20,23-24,27,29,73-74,78-79H,3-11,13,15-17,19,21-22,25-26,28,30-72H2,1-2H3,(H,77,80)/b14-12-,20-18-,24-23-,29-27-. The summed E-state index contributed by atoms with van der Waals surface area (Å²) in [5.74, 6) is -0.0312. The smallest absolute Gasteiger partial charge is 0.305 e. The van der Waals surface area contributed by atoms with Gasteiger partial charge in [0.25, 0.3) is 0 Å². The highest BCUT2D eigenvalue weighted by molar-refractivity contribution is 5.76. The van der Waals surface area contributed by atoms with Gasteiger partial charge in [-0.2, -0.15) is 0 Å². The minimum atomic E-state index is -0.668. The fraction of sp³-hybridized carbons (Fsp3) is 0.868. The molecule has 0 fully saturated rings. The molecule has 0 rings (SSSR count). The van der Waals surface area contributed by atoms with Crippen LogP contribution in [0.4, 0.5) is 0 Å². The van der Waals surface area contributed by atoms with Crippen molar-refractivity contribution in [3.63, 3.8) is 0 Å². The first kappa shape index (κ1) is 79.8. The van der Waals surface area contributed by atoms with Crippen LogP contribution in [0, 0.1) is 0 Å². The van der Waals surface area contributed by atoms with E-state index >= 15 is 0 Å². The molecule has 2 unspecified atom stereocenters. The molecule has 2 atom stereocenters. The summed E-state index contributed by atoms with van der Waals surface area (Å²) in [6.45, 7) is 4.95. The zero-order valence-corrected chi connectivity index (χ0v) is 55.2. The average molecular weight is 1150 g/mol. The summed E-state index contributed by atoms with van der Waals surface area (Å²) in [7, 11) is 0. The van der Waals surface area contributed by atoms with Crippen LogP contribution >= 0.6 is 0 Å². The summed E-state index contributed by atoms with van der Waals surface area (Å²) < 4.78 is 5.49. The number of rotatable bonds is 69. The first-order valence-corrected chi connectivity index (χ1v) is 36.9. The van der Waals surface area contributed by atoms with Crippen molar-refractivity contribution < 1.29 is 24.5 Å². The summed E-state index contributed by atoms with van der Waals surface area (Å²) in [5, 5.41) is 23.4. The lowest BCUT2D eigenvalue weighted by Crippen LogP contribution is -2.45. The van der Waals surface area contributed by atoms with E-state index in [-0.39, 0.29) is 18.5 Å². The quantitative estimate of drug-likeness (QED) is 0.0320. The number of aliphatic hydroxyl groups excluding tert-OH is 2. The van der Waals surface area contributed by atoms with Gasteiger partial charge in [0.2, 0.25) is 5.91 Å². The lowest BCUT2D eigenvalue weighted by Gasteiger charge is -2.22. The molecule has 0 aromatic heterocycles. The van der Waals surface area contributed by atoms with E-state index in [4.69, 9.17) is 4.74 Å². The molecule has 0 aliphatic heterocycles. The molecule has 0 aliphatic carbocycles. The SMILES string of the molecule is CCCCC/C=C\C/C=C\CCCCCCCCCC(=O)OCCCCCCCCCCC/C=C\C/C=C\CCCCCCCCCCCCCC(=O)NC(CO)C(O)CCCCCCCCCCCCCCCCCCCCCCC. The second-order valence-electron chi connectivity index (χ2n) is 25.3. The van der Waals surface area contributed by atoms with Gasteiger partial charge in [-0.1, -0.05) is 345 Å². The van der Waals surface area contributed by atoms with Crippen LogP contribution in [0.3, 0.4) is 0 Å². The second kappa shape index (κ2) is 71.3. The van der Waals surface area contributed by atoms with E-state index in [1.807, 2.05) is 0 Å². The van der Waals surface area contributed by atoms with Crippen LogP contribution in [0.1, 0.15) is 399 Å². The molecule has 82 heavy (non-hydrogen) atoms. The van der Waals surface area contributed by atoms with Gasteiger partial charge in [-0.15, -0.1) is 0 Å². The predicted octanol–water partition coefficient (Wildman–Crippen LogP) is 24.0. The number of ether oxygens (including phenoxy) is 1. The van der Waals surface area contributed by atoms with Crippen LogP contribution in [0.5, 0.6) is 0 Å². The normalized spacial score (nSPS) is 12.8. The molecule has 0 saturated heterocycles. The summed E-state index contributed by atoms with van der Waals surface area (Å²) in [6, 6.07) is -0.546. The molecule has 0 spiro atoms. The van der Waals surface area contributed by atoms with E-state index in [9.17, 15) is 19.8 Å². The van der Waals surface area contributed by atoms with E-state index in [0.717, 1.165) is 57.8 Å². The molecule has 482 valence electrons. The Hall–Kier alpha value is -2.18. The van der Waals surface area contributed by atoms with Crippen LogP contribution < -0.4 is 5.32 Å². The minimum absolute atomic E-state index is 0.00326. The number of aliphatic hydroxyl groups is 2. The number of nitrogens with one attached hydrogen (secondary N) is 1. The molecule has 0 aromatic rings. The Morgan fingerprint density at radius 1 is 0.341 bits per heavy atom. The fourth-order valence-electron chi connectivity index (χ4n) is 11.5. The first-order valence-electron chi connectivity index (χ1n) is 36.9. The molecule has 6 heteroatoms. The lowest BCUT2D eigenvalue weighted by atomic mass is 10.0. The maximum atomic E-state index is 12.6. The molecule has 3 N–H and O–H groups in total. The molecule has 0 aromatic carbocycles. The van der Waals surface area contributed by atoms with Gasteiger partial charge in [-0.05, 0) is 89.9 Å². The molecule has 0 aliphatic rings. The van der Waals surface area contributed by atoms with Crippen molar-refractivity contribution in [2.75, 3.05) is 13.2 Å². The highest BCUT2D eigenvalue weighted by Gasteiger charge is 2.20. The molecule has 0 bridgehead atoms. The van der Waals surface area contributed by atoms with Crippen molar-refractivity contribution in [2.24, 2.45) is 0 Å².